The molecule has 1 unspecified atom stereocenters. The number of hydrogen-bond donors (Lipinski definition) is 3. The highest BCUT2D eigenvalue weighted by Gasteiger charge is 2.11. The van der Waals surface area contributed by atoms with Gasteiger partial charge in [0.1, 0.15) is 11.5 Å². The average Bonchev–Trinajstić information content (AvgIpc) is 2.51. The van der Waals surface area contributed by atoms with Gasteiger partial charge in [0.25, 0.3) is 0 Å². The Morgan fingerprint density at radius 1 is 1.12 bits per heavy atom. The Balaban J connectivity index is 1.90. The molecule has 0 saturated heterocycles. The zero-order valence-electron chi connectivity index (χ0n) is 13.8. The minimum atomic E-state index is -0.545. The van der Waals surface area contributed by atoms with Crippen LogP contribution in [-0.4, -0.2) is 17.4 Å². The summed E-state index contributed by atoms with van der Waals surface area (Å²) in [5.41, 5.74) is 1.45. The summed E-state index contributed by atoms with van der Waals surface area (Å²) in [7, 11) is 0. The first-order valence-electron chi connectivity index (χ1n) is 7.68. The van der Waals surface area contributed by atoms with E-state index in [0.717, 1.165) is 0 Å². The quantitative estimate of drug-likeness (QED) is 0.541. The van der Waals surface area contributed by atoms with Crippen LogP contribution in [0.3, 0.4) is 0 Å². The lowest BCUT2D eigenvalue weighted by Gasteiger charge is -2.17. The zero-order chi connectivity index (χ0) is 17.7. The molecule has 0 spiro atoms. The van der Waals surface area contributed by atoms with Crippen LogP contribution >= 0.6 is 11.6 Å². The van der Waals surface area contributed by atoms with Crippen molar-refractivity contribution in [2.45, 2.75) is 32.9 Å². The summed E-state index contributed by atoms with van der Waals surface area (Å²) in [6, 6.07) is 11.6. The molecule has 24 heavy (non-hydrogen) atoms. The molecular weight excluding hydrogens is 328 g/mol. The van der Waals surface area contributed by atoms with Crippen molar-refractivity contribution >= 4 is 23.3 Å². The van der Waals surface area contributed by atoms with Gasteiger partial charge in [-0.15, -0.1) is 0 Å². The van der Waals surface area contributed by atoms with Gasteiger partial charge in [0.05, 0.1) is 5.69 Å². The van der Waals surface area contributed by atoms with Crippen molar-refractivity contribution in [1.29, 1.82) is 0 Å². The fraction of sp³-hybridized carbons (Fsp3) is 0.278. The summed E-state index contributed by atoms with van der Waals surface area (Å²) in [4.78, 5) is 12.0. The molecule has 6 heteroatoms. The normalized spacial score (nSPS) is 11.9. The third-order valence-corrected chi connectivity index (χ3v) is 3.64. The summed E-state index contributed by atoms with van der Waals surface area (Å²) in [5, 5.41) is 15.3. The van der Waals surface area contributed by atoms with Gasteiger partial charge in [-0.25, -0.2) is 4.79 Å². The van der Waals surface area contributed by atoms with Crippen LogP contribution in [0.5, 0.6) is 11.5 Å². The van der Waals surface area contributed by atoms with Crippen LogP contribution in [0, 0.1) is 0 Å². The van der Waals surface area contributed by atoms with E-state index in [2.05, 4.69) is 24.5 Å². The van der Waals surface area contributed by atoms with Crippen LogP contribution in [-0.2, 0) is 0 Å². The highest BCUT2D eigenvalue weighted by atomic mass is 35.5. The average molecular weight is 349 g/mol. The molecule has 1 atom stereocenters. The number of rotatable bonds is 5. The van der Waals surface area contributed by atoms with E-state index in [1.54, 1.807) is 6.92 Å². The predicted molar refractivity (Wildman–Crippen MR) is 95.9 cm³/mol. The van der Waals surface area contributed by atoms with Crippen LogP contribution in [0.1, 0.15) is 32.3 Å². The molecular formula is C18H21ClN2O3. The van der Waals surface area contributed by atoms with Crippen molar-refractivity contribution in [3.63, 3.8) is 0 Å². The Kier molecular flexibility index (Phi) is 5.93. The molecule has 0 aliphatic rings. The van der Waals surface area contributed by atoms with Crippen LogP contribution in [0.2, 0.25) is 5.02 Å². The Morgan fingerprint density at radius 3 is 2.42 bits per heavy atom. The summed E-state index contributed by atoms with van der Waals surface area (Å²) in [5.74, 6) is 1.05. The van der Waals surface area contributed by atoms with Gasteiger partial charge in [0, 0.05) is 5.02 Å². The van der Waals surface area contributed by atoms with E-state index in [9.17, 15) is 9.90 Å². The number of carbonyl (C=O) groups excluding carboxylic acids is 1. The van der Waals surface area contributed by atoms with E-state index < -0.39 is 12.3 Å². The second-order valence-corrected chi connectivity index (χ2v) is 6.18. The number of phenolic OH excluding ortho intramolecular Hbond substituents is 1. The summed E-state index contributed by atoms with van der Waals surface area (Å²) < 4.78 is 5.65. The van der Waals surface area contributed by atoms with E-state index >= 15 is 0 Å². The molecule has 5 nitrogen and oxygen atoms in total. The van der Waals surface area contributed by atoms with Gasteiger partial charge in [-0.3, -0.25) is 0 Å². The van der Waals surface area contributed by atoms with Gasteiger partial charge in [0.15, 0.2) is 6.23 Å². The molecule has 0 saturated carbocycles. The van der Waals surface area contributed by atoms with Crippen molar-refractivity contribution in [2.75, 3.05) is 5.32 Å². The maximum absolute atomic E-state index is 12.0. The van der Waals surface area contributed by atoms with E-state index in [1.165, 1.54) is 23.8 Å². The Hall–Kier alpha value is -2.40. The largest absolute Gasteiger partial charge is 0.506 e. The Morgan fingerprint density at radius 2 is 1.79 bits per heavy atom. The van der Waals surface area contributed by atoms with Crippen molar-refractivity contribution in [3.8, 4) is 11.5 Å². The van der Waals surface area contributed by atoms with Crippen LogP contribution in [0.15, 0.2) is 42.5 Å². The molecule has 0 heterocycles. The second-order valence-electron chi connectivity index (χ2n) is 5.74. The lowest BCUT2D eigenvalue weighted by atomic mass is 10.0. The summed E-state index contributed by atoms with van der Waals surface area (Å²) in [6.45, 7) is 5.96. The van der Waals surface area contributed by atoms with Crippen LogP contribution in [0.25, 0.3) is 0 Å². The standard InChI is InChI=1S/C18H21ClN2O3/c1-11(2)13-4-7-15(8-5-13)24-12(3)20-18(23)21-16-10-14(19)6-9-17(16)22/h4-12,22H,1-3H3,(H2,20,21,23). The number of ether oxygens (including phenoxy) is 1. The second kappa shape index (κ2) is 7.93. The Labute approximate surface area is 146 Å². The first-order valence-corrected chi connectivity index (χ1v) is 8.05. The van der Waals surface area contributed by atoms with Crippen LogP contribution in [0.4, 0.5) is 10.5 Å². The van der Waals surface area contributed by atoms with E-state index in [1.807, 2.05) is 24.3 Å². The fourth-order valence-electron chi connectivity index (χ4n) is 2.12. The number of amides is 2. The maximum atomic E-state index is 12.0. The monoisotopic (exact) mass is 348 g/mol. The molecule has 128 valence electrons. The van der Waals surface area contributed by atoms with E-state index in [4.69, 9.17) is 16.3 Å². The van der Waals surface area contributed by atoms with Crippen LogP contribution < -0.4 is 15.4 Å². The van der Waals surface area contributed by atoms with Gasteiger partial charge < -0.3 is 20.5 Å². The number of phenols is 1. The number of halogens is 1. The van der Waals surface area contributed by atoms with Gasteiger partial charge >= 0.3 is 6.03 Å². The number of nitrogens with one attached hydrogen (secondary N) is 2. The molecule has 0 aliphatic carbocycles. The van der Waals surface area contributed by atoms with Gasteiger partial charge in [-0.05, 0) is 48.7 Å². The summed E-state index contributed by atoms with van der Waals surface area (Å²) >= 11 is 5.84. The lowest BCUT2D eigenvalue weighted by molar-refractivity contribution is 0.183. The first kappa shape index (κ1) is 17.9. The summed E-state index contributed by atoms with van der Waals surface area (Å²) in [6.07, 6.45) is -0.545. The number of carbonyl (C=O) groups is 1. The molecule has 0 radical (unpaired) electrons. The molecule has 2 amide bonds. The van der Waals surface area contributed by atoms with Crippen molar-refractivity contribution in [1.82, 2.24) is 5.32 Å². The highest BCUT2D eigenvalue weighted by molar-refractivity contribution is 6.31. The molecule has 0 aliphatic heterocycles. The van der Waals surface area contributed by atoms with E-state index in [0.29, 0.717) is 16.7 Å². The number of aromatic hydroxyl groups is 1. The molecule has 3 N–H and O–H groups in total. The number of benzene rings is 2. The smallest absolute Gasteiger partial charge is 0.322 e. The fourth-order valence-corrected chi connectivity index (χ4v) is 2.29. The van der Waals surface area contributed by atoms with Gasteiger partial charge in [0.2, 0.25) is 0 Å². The van der Waals surface area contributed by atoms with Crippen molar-refractivity contribution < 1.29 is 14.6 Å². The zero-order valence-corrected chi connectivity index (χ0v) is 14.6. The molecule has 2 aromatic rings. The SMILES string of the molecule is CC(NC(=O)Nc1cc(Cl)ccc1O)Oc1ccc(C(C)C)cc1. The molecule has 0 fully saturated rings. The highest BCUT2D eigenvalue weighted by Crippen LogP contribution is 2.26. The van der Waals surface area contributed by atoms with Crippen molar-refractivity contribution in [2.24, 2.45) is 0 Å². The third kappa shape index (κ3) is 5.06. The lowest BCUT2D eigenvalue weighted by Crippen LogP contribution is -2.39. The third-order valence-electron chi connectivity index (χ3n) is 3.40. The molecule has 2 rings (SSSR count). The molecule has 2 aromatic carbocycles. The number of anilines is 1. The first-order chi connectivity index (χ1) is 11.3. The maximum Gasteiger partial charge on any atom is 0.322 e. The number of hydrogen-bond acceptors (Lipinski definition) is 3. The topological polar surface area (TPSA) is 70.6 Å². The van der Waals surface area contributed by atoms with Gasteiger partial charge in [-0.2, -0.15) is 0 Å². The van der Waals surface area contributed by atoms with Gasteiger partial charge in [-0.1, -0.05) is 37.6 Å². The minimum Gasteiger partial charge on any atom is -0.506 e. The molecule has 0 aromatic heterocycles. The minimum absolute atomic E-state index is 0.0626. The number of urea groups is 1. The van der Waals surface area contributed by atoms with Crippen molar-refractivity contribution in [3.05, 3.63) is 53.1 Å². The Bertz CT molecular complexity index is 702. The predicted octanol–water partition coefficient (Wildman–Crippen LogP) is 4.72. The molecule has 0 bridgehead atoms. The van der Waals surface area contributed by atoms with E-state index in [-0.39, 0.29) is 11.4 Å².